The van der Waals surface area contributed by atoms with Crippen LogP contribution in [0.15, 0.2) is 95.6 Å². The zero-order valence-electron chi connectivity index (χ0n) is 17.8. The molecule has 168 valence electrons. The molecule has 0 spiro atoms. The van der Waals surface area contributed by atoms with Crippen molar-refractivity contribution in [2.45, 2.75) is 6.61 Å². The fourth-order valence-corrected chi connectivity index (χ4v) is 3.97. The van der Waals surface area contributed by atoms with Gasteiger partial charge in [0.1, 0.15) is 17.9 Å². The van der Waals surface area contributed by atoms with Crippen LogP contribution >= 0.6 is 23.2 Å². The number of furan rings is 1. The number of nitrogens with zero attached hydrogens (tertiary/aromatic N) is 2. The van der Waals surface area contributed by atoms with E-state index >= 15 is 0 Å². The van der Waals surface area contributed by atoms with Gasteiger partial charge in [0.15, 0.2) is 5.76 Å². The highest BCUT2D eigenvalue weighted by molar-refractivity contribution is 6.35. The second-order valence-electron chi connectivity index (χ2n) is 7.54. The topological polar surface area (TPSA) is 57.3 Å². The van der Waals surface area contributed by atoms with E-state index in [4.69, 9.17) is 37.5 Å². The number of hydrogen-bond donors (Lipinski definition) is 0. The highest BCUT2D eigenvalue weighted by Gasteiger charge is 2.15. The fraction of sp³-hybridized carbons (Fsp3) is 0.0370. The van der Waals surface area contributed by atoms with E-state index in [2.05, 4.69) is 0 Å². The third kappa shape index (κ3) is 4.76. The first kappa shape index (κ1) is 22.0. The molecule has 0 amide bonds. The maximum Gasteiger partial charge on any atom is 0.331 e. The Bertz CT molecular complexity index is 1470. The van der Waals surface area contributed by atoms with Crippen LogP contribution in [0.25, 0.3) is 34.2 Å². The number of carbonyl (C=O) groups is 1. The average Bonchev–Trinajstić information content (AvgIpc) is 3.47. The van der Waals surface area contributed by atoms with Gasteiger partial charge in [-0.2, -0.15) is 5.10 Å². The Morgan fingerprint density at radius 2 is 1.79 bits per heavy atom. The van der Waals surface area contributed by atoms with Gasteiger partial charge in [-0.05, 0) is 42.5 Å². The molecule has 7 heteroatoms. The van der Waals surface area contributed by atoms with Crippen molar-refractivity contribution in [2.24, 2.45) is 0 Å². The van der Waals surface area contributed by atoms with Gasteiger partial charge in [-0.25, -0.2) is 9.48 Å². The highest BCUT2D eigenvalue weighted by Crippen LogP contribution is 2.30. The van der Waals surface area contributed by atoms with Crippen LogP contribution in [0.2, 0.25) is 10.0 Å². The summed E-state index contributed by atoms with van der Waals surface area (Å²) in [5.41, 5.74) is 3.65. The molecule has 0 N–H and O–H groups in total. The van der Waals surface area contributed by atoms with E-state index in [1.807, 2.05) is 66.9 Å². The van der Waals surface area contributed by atoms with Crippen molar-refractivity contribution >= 4 is 46.2 Å². The first-order valence-electron chi connectivity index (χ1n) is 10.5. The molecule has 2 aromatic heterocycles. The maximum atomic E-state index is 12.4. The number of halogens is 2. The summed E-state index contributed by atoms with van der Waals surface area (Å²) in [5.74, 6) is 0.103. The number of carbonyl (C=O) groups excluding carboxylic acids is 1. The minimum atomic E-state index is -0.506. The predicted molar refractivity (Wildman–Crippen MR) is 134 cm³/mol. The molecule has 5 nitrogen and oxygen atoms in total. The summed E-state index contributed by atoms with van der Waals surface area (Å²) in [5, 5.41) is 6.67. The third-order valence-electron chi connectivity index (χ3n) is 5.21. The number of rotatable bonds is 6. The molecule has 0 bridgehead atoms. The summed E-state index contributed by atoms with van der Waals surface area (Å²) in [7, 11) is 0. The Balaban J connectivity index is 1.43. The lowest BCUT2D eigenvalue weighted by atomic mass is 10.2. The Kier molecular flexibility index (Phi) is 6.21. The summed E-state index contributed by atoms with van der Waals surface area (Å²) in [6, 6.07) is 24.4. The molecule has 3 aromatic carbocycles. The standard InChI is InChI=1S/C27H18Cl2N2O3/c28-21-12-10-20(23(29)15-21)17-33-26(32)13-11-19-16-31(22-7-2-1-3-8-22)30-27(19)25-14-18-6-4-5-9-24(18)34-25/h1-16H,17H2. The van der Waals surface area contributed by atoms with Crippen LogP contribution in [-0.4, -0.2) is 15.7 Å². The van der Waals surface area contributed by atoms with Gasteiger partial charge >= 0.3 is 5.97 Å². The molecule has 0 radical (unpaired) electrons. The summed E-state index contributed by atoms with van der Waals surface area (Å²) in [4.78, 5) is 12.4. The molecule has 0 aliphatic rings. The van der Waals surface area contributed by atoms with Crippen molar-refractivity contribution in [3.63, 3.8) is 0 Å². The number of fused-ring (bicyclic) bond motifs is 1. The van der Waals surface area contributed by atoms with Gasteiger partial charge in [0.25, 0.3) is 0 Å². The van der Waals surface area contributed by atoms with Crippen molar-refractivity contribution in [3.8, 4) is 17.1 Å². The van der Waals surface area contributed by atoms with Crippen LogP contribution in [-0.2, 0) is 16.1 Å². The summed E-state index contributed by atoms with van der Waals surface area (Å²) < 4.78 is 13.1. The van der Waals surface area contributed by atoms with Crippen molar-refractivity contribution in [2.75, 3.05) is 0 Å². The number of esters is 1. The smallest absolute Gasteiger partial charge is 0.331 e. The van der Waals surface area contributed by atoms with Gasteiger partial charge in [0.2, 0.25) is 0 Å². The Morgan fingerprint density at radius 3 is 2.59 bits per heavy atom. The zero-order chi connectivity index (χ0) is 23.5. The molecule has 5 rings (SSSR count). The summed E-state index contributed by atoms with van der Waals surface area (Å²) in [6.07, 6.45) is 4.88. The first-order chi connectivity index (χ1) is 16.6. The normalized spacial score (nSPS) is 11.4. The second kappa shape index (κ2) is 9.59. The van der Waals surface area contributed by atoms with Crippen LogP contribution < -0.4 is 0 Å². The minimum Gasteiger partial charge on any atom is -0.458 e. The Morgan fingerprint density at radius 1 is 1.00 bits per heavy atom. The van der Waals surface area contributed by atoms with Gasteiger partial charge in [0.05, 0.1) is 5.69 Å². The fourth-order valence-electron chi connectivity index (χ4n) is 3.51. The molecule has 0 aliphatic carbocycles. The van der Waals surface area contributed by atoms with Crippen molar-refractivity contribution in [3.05, 3.63) is 112 Å². The number of aromatic nitrogens is 2. The lowest BCUT2D eigenvalue weighted by molar-refractivity contribution is -0.138. The molecule has 0 aliphatic heterocycles. The van der Waals surface area contributed by atoms with Crippen LogP contribution in [0.3, 0.4) is 0 Å². The molecule has 0 saturated heterocycles. The lowest BCUT2D eigenvalue weighted by Crippen LogP contribution is -2.01. The van der Waals surface area contributed by atoms with E-state index in [1.54, 1.807) is 29.0 Å². The van der Waals surface area contributed by atoms with Crippen LogP contribution in [0.5, 0.6) is 0 Å². The molecule has 34 heavy (non-hydrogen) atoms. The van der Waals surface area contributed by atoms with Gasteiger partial charge in [-0.3, -0.25) is 0 Å². The number of hydrogen-bond acceptors (Lipinski definition) is 4. The molecule has 0 atom stereocenters. The predicted octanol–water partition coefficient (Wildman–Crippen LogP) is 7.35. The van der Waals surface area contributed by atoms with E-state index in [-0.39, 0.29) is 6.61 Å². The van der Waals surface area contributed by atoms with Gasteiger partial charge < -0.3 is 9.15 Å². The molecular weight excluding hydrogens is 471 g/mol. The maximum absolute atomic E-state index is 12.4. The highest BCUT2D eigenvalue weighted by atomic mass is 35.5. The number of ether oxygens (including phenoxy) is 1. The molecule has 5 aromatic rings. The van der Waals surface area contributed by atoms with Crippen LogP contribution in [0.1, 0.15) is 11.1 Å². The molecule has 2 heterocycles. The summed E-state index contributed by atoms with van der Waals surface area (Å²) >= 11 is 12.1. The van der Waals surface area contributed by atoms with Gasteiger partial charge in [-0.15, -0.1) is 0 Å². The molecular formula is C27H18Cl2N2O3. The quantitative estimate of drug-likeness (QED) is 0.185. The number of benzene rings is 3. The summed E-state index contributed by atoms with van der Waals surface area (Å²) in [6.45, 7) is 0.0406. The van der Waals surface area contributed by atoms with Crippen LogP contribution in [0, 0.1) is 0 Å². The van der Waals surface area contributed by atoms with Gasteiger partial charge in [-0.1, -0.05) is 65.7 Å². The Hall–Kier alpha value is -3.80. The first-order valence-corrected chi connectivity index (χ1v) is 11.3. The SMILES string of the molecule is O=C(C=Cc1cn(-c2ccccc2)nc1-c1cc2ccccc2o1)OCc1ccc(Cl)cc1Cl. The third-order valence-corrected chi connectivity index (χ3v) is 5.79. The minimum absolute atomic E-state index is 0.0406. The number of para-hydroxylation sites is 2. The van der Waals surface area contributed by atoms with Crippen molar-refractivity contribution < 1.29 is 13.9 Å². The van der Waals surface area contributed by atoms with E-state index in [0.29, 0.717) is 32.6 Å². The van der Waals surface area contributed by atoms with Gasteiger partial charge in [0, 0.05) is 38.8 Å². The lowest BCUT2D eigenvalue weighted by Gasteiger charge is -2.05. The van der Waals surface area contributed by atoms with Crippen molar-refractivity contribution in [1.29, 1.82) is 0 Å². The van der Waals surface area contributed by atoms with E-state index in [9.17, 15) is 4.79 Å². The largest absolute Gasteiger partial charge is 0.458 e. The second-order valence-corrected chi connectivity index (χ2v) is 8.38. The zero-order valence-corrected chi connectivity index (χ0v) is 19.3. The Labute approximate surface area is 205 Å². The van der Waals surface area contributed by atoms with Crippen molar-refractivity contribution in [1.82, 2.24) is 9.78 Å². The van der Waals surface area contributed by atoms with E-state index in [1.165, 1.54) is 6.08 Å². The molecule has 0 fully saturated rings. The molecule has 0 unspecified atom stereocenters. The monoisotopic (exact) mass is 488 g/mol. The molecule has 0 saturated carbocycles. The van der Waals surface area contributed by atoms with Crippen LogP contribution in [0.4, 0.5) is 0 Å². The average molecular weight is 489 g/mol. The van der Waals surface area contributed by atoms with E-state index in [0.717, 1.165) is 16.7 Å². The van der Waals surface area contributed by atoms with E-state index < -0.39 is 5.97 Å².